The summed E-state index contributed by atoms with van der Waals surface area (Å²) in [7, 11) is 0. The van der Waals surface area contributed by atoms with Crippen LogP contribution in [-0.4, -0.2) is 18.3 Å². The van der Waals surface area contributed by atoms with E-state index in [9.17, 15) is 4.79 Å². The molecule has 0 bridgehead atoms. The van der Waals surface area contributed by atoms with Gasteiger partial charge in [0.05, 0.1) is 5.41 Å². The van der Waals surface area contributed by atoms with E-state index in [1.54, 1.807) is 0 Å². The molecule has 0 unspecified atom stereocenters. The maximum atomic E-state index is 11.0. The first-order valence-corrected chi connectivity index (χ1v) is 3.90. The van der Waals surface area contributed by atoms with Crippen molar-refractivity contribution in [3.8, 4) is 0 Å². The molecule has 0 aromatic carbocycles. The average Bonchev–Trinajstić information content (AvgIpc) is 1.80. The molecule has 0 radical (unpaired) electrons. The molecule has 2 nitrogen and oxygen atoms in total. The Kier molecular flexibility index (Phi) is 8.28. The van der Waals surface area contributed by atoms with Gasteiger partial charge in [0.1, 0.15) is 6.61 Å². The summed E-state index contributed by atoms with van der Waals surface area (Å²) < 4.78 is 4.84. The first-order valence-electron chi connectivity index (χ1n) is 3.26. The summed E-state index contributed by atoms with van der Waals surface area (Å²) in [6, 6.07) is 0. The maximum absolute atomic E-state index is 11.0. The van der Waals surface area contributed by atoms with E-state index in [4.69, 9.17) is 4.74 Å². The first-order chi connectivity index (χ1) is 4.48. The summed E-state index contributed by atoms with van der Waals surface area (Å²) in [5, 5.41) is 0. The fourth-order valence-corrected chi connectivity index (χ4v) is 0.446. The molecular formula is C7H15NaO2S. The Bertz CT molecular complexity index is 125. The number of rotatable bonds is 2. The molecule has 62 valence electrons. The van der Waals surface area contributed by atoms with Crippen LogP contribution in [0.3, 0.4) is 0 Å². The van der Waals surface area contributed by atoms with Crippen molar-refractivity contribution in [3.05, 3.63) is 0 Å². The van der Waals surface area contributed by atoms with Gasteiger partial charge < -0.3 is 6.16 Å². The van der Waals surface area contributed by atoms with Crippen LogP contribution in [0.2, 0.25) is 0 Å². The molecule has 0 aliphatic carbocycles. The Hall–Kier alpha value is 0.820. The van der Waals surface area contributed by atoms with E-state index in [2.05, 4.69) is 12.6 Å². The third-order valence-electron chi connectivity index (χ3n) is 0.937. The number of hydrogen-bond acceptors (Lipinski definition) is 3. The molecule has 0 fully saturated rings. The third kappa shape index (κ3) is 7.19. The smallest absolute Gasteiger partial charge is 1.00 e. The standard InChI is InChI=1S/C7H14O2S.Na.H/c1-7(2,3)6(8)9-4-5-10;;/h10H,4-5H2,1-3H3;;/q;+1;-1. The zero-order valence-corrected chi connectivity index (χ0v) is 10.6. The van der Waals surface area contributed by atoms with E-state index in [0.717, 1.165) is 0 Å². The topological polar surface area (TPSA) is 26.3 Å². The van der Waals surface area contributed by atoms with E-state index in [0.29, 0.717) is 12.4 Å². The SMILES string of the molecule is CC(C)(C)C(=O)OCCS.[H-].[Na+]. The second-order valence-electron chi connectivity index (χ2n) is 3.11. The molecule has 0 spiro atoms. The van der Waals surface area contributed by atoms with Gasteiger partial charge in [0.2, 0.25) is 0 Å². The Morgan fingerprint density at radius 1 is 1.55 bits per heavy atom. The predicted octanol–water partition coefficient (Wildman–Crippen LogP) is -1.38. The Balaban J connectivity index is -0.000000405. The van der Waals surface area contributed by atoms with Crippen LogP contribution in [0.4, 0.5) is 0 Å². The minimum absolute atomic E-state index is 0. The second kappa shape index (κ2) is 6.35. The van der Waals surface area contributed by atoms with E-state index in [1.807, 2.05) is 20.8 Å². The fourth-order valence-electron chi connectivity index (χ4n) is 0.355. The van der Waals surface area contributed by atoms with Gasteiger partial charge in [-0.1, -0.05) is 0 Å². The van der Waals surface area contributed by atoms with E-state index in [-0.39, 0.29) is 42.4 Å². The fraction of sp³-hybridized carbons (Fsp3) is 0.857. The summed E-state index contributed by atoms with van der Waals surface area (Å²) in [5.41, 5.74) is -0.386. The van der Waals surface area contributed by atoms with Crippen LogP contribution in [0.5, 0.6) is 0 Å². The van der Waals surface area contributed by atoms with Crippen molar-refractivity contribution in [2.45, 2.75) is 20.8 Å². The largest absolute Gasteiger partial charge is 1.00 e. The van der Waals surface area contributed by atoms with Crippen molar-refractivity contribution >= 4 is 18.6 Å². The van der Waals surface area contributed by atoms with Gasteiger partial charge in [-0.25, -0.2) is 0 Å². The van der Waals surface area contributed by atoms with Gasteiger partial charge in [0, 0.05) is 5.75 Å². The van der Waals surface area contributed by atoms with Crippen molar-refractivity contribution in [3.63, 3.8) is 0 Å². The van der Waals surface area contributed by atoms with Crippen molar-refractivity contribution in [2.24, 2.45) is 5.41 Å². The van der Waals surface area contributed by atoms with E-state index >= 15 is 0 Å². The molecule has 0 saturated carbocycles. The molecule has 0 aromatic heterocycles. The quantitative estimate of drug-likeness (QED) is 0.327. The van der Waals surface area contributed by atoms with Gasteiger partial charge in [-0.15, -0.1) is 0 Å². The van der Waals surface area contributed by atoms with Gasteiger partial charge in [-0.05, 0) is 20.8 Å². The molecule has 0 aliphatic heterocycles. The molecule has 0 amide bonds. The monoisotopic (exact) mass is 186 g/mol. The van der Waals surface area contributed by atoms with Gasteiger partial charge in [-0.3, -0.25) is 4.79 Å². The molecule has 0 aromatic rings. The molecule has 0 N–H and O–H groups in total. The summed E-state index contributed by atoms with van der Waals surface area (Å²) in [5.74, 6) is 0.420. The van der Waals surface area contributed by atoms with Crippen LogP contribution < -0.4 is 29.6 Å². The number of hydrogen-bond donors (Lipinski definition) is 1. The van der Waals surface area contributed by atoms with Crippen LogP contribution in [0.25, 0.3) is 0 Å². The van der Waals surface area contributed by atoms with Crippen LogP contribution in [-0.2, 0) is 9.53 Å². The molecule has 0 aliphatic rings. The first kappa shape index (κ1) is 14.3. The minimum atomic E-state index is -0.386. The summed E-state index contributed by atoms with van der Waals surface area (Å²) in [6.07, 6.45) is 0. The van der Waals surface area contributed by atoms with Crippen molar-refractivity contribution < 1.29 is 40.5 Å². The molecule has 4 heteroatoms. The number of carbonyl (C=O) groups excluding carboxylic acids is 1. The summed E-state index contributed by atoms with van der Waals surface area (Å²) in [4.78, 5) is 11.0. The van der Waals surface area contributed by atoms with Crippen LogP contribution in [0.15, 0.2) is 0 Å². The number of thiol groups is 1. The van der Waals surface area contributed by atoms with Crippen LogP contribution in [0, 0.1) is 5.41 Å². The van der Waals surface area contributed by atoms with Crippen molar-refractivity contribution in [1.82, 2.24) is 0 Å². The van der Waals surface area contributed by atoms with Gasteiger partial charge in [0.25, 0.3) is 0 Å². The predicted molar refractivity (Wildman–Crippen MR) is 45.4 cm³/mol. The Morgan fingerprint density at radius 2 is 2.00 bits per heavy atom. The van der Waals surface area contributed by atoms with Gasteiger partial charge in [-0.2, -0.15) is 12.6 Å². The van der Waals surface area contributed by atoms with E-state index < -0.39 is 0 Å². The van der Waals surface area contributed by atoms with Crippen LogP contribution in [0.1, 0.15) is 22.2 Å². The molecular weight excluding hydrogens is 171 g/mol. The normalized spacial score (nSPS) is 10.2. The summed E-state index contributed by atoms with van der Waals surface area (Å²) in [6.45, 7) is 5.88. The minimum Gasteiger partial charge on any atom is -1.00 e. The van der Waals surface area contributed by atoms with Crippen molar-refractivity contribution in [2.75, 3.05) is 12.4 Å². The average molecular weight is 186 g/mol. The molecule has 0 heterocycles. The zero-order valence-electron chi connectivity index (χ0n) is 8.68. The summed E-state index contributed by atoms with van der Waals surface area (Å²) >= 11 is 3.91. The third-order valence-corrected chi connectivity index (χ3v) is 1.12. The van der Waals surface area contributed by atoms with Crippen molar-refractivity contribution in [1.29, 1.82) is 0 Å². The molecule has 11 heavy (non-hydrogen) atoms. The molecule has 0 rings (SSSR count). The Morgan fingerprint density at radius 3 is 2.27 bits per heavy atom. The number of carbonyl (C=O) groups is 1. The molecule has 0 atom stereocenters. The van der Waals surface area contributed by atoms with E-state index in [1.165, 1.54) is 0 Å². The Labute approximate surface area is 97.3 Å². The zero-order chi connectivity index (χ0) is 8.20. The number of esters is 1. The van der Waals surface area contributed by atoms with Gasteiger partial charge >= 0.3 is 35.5 Å². The second-order valence-corrected chi connectivity index (χ2v) is 3.56. The molecule has 0 saturated heterocycles. The van der Waals surface area contributed by atoms with Crippen LogP contribution >= 0.6 is 12.6 Å². The maximum Gasteiger partial charge on any atom is 1.00 e. The van der Waals surface area contributed by atoms with Gasteiger partial charge in [0.15, 0.2) is 0 Å². The number of ether oxygens (including phenoxy) is 1.